The molecule has 78 valence electrons. The lowest BCUT2D eigenvalue weighted by molar-refractivity contribution is -0.111. The summed E-state index contributed by atoms with van der Waals surface area (Å²) in [5.41, 5.74) is 7.24. The van der Waals surface area contributed by atoms with Crippen LogP contribution >= 0.6 is 0 Å². The molecule has 0 saturated heterocycles. The summed E-state index contributed by atoms with van der Waals surface area (Å²) < 4.78 is 0. The van der Waals surface area contributed by atoms with Crippen LogP contribution in [0, 0.1) is 0 Å². The molecule has 0 spiro atoms. The van der Waals surface area contributed by atoms with Crippen LogP contribution in [-0.2, 0) is 4.79 Å². The molecule has 0 radical (unpaired) electrons. The maximum atomic E-state index is 11.5. The van der Waals surface area contributed by atoms with E-state index in [2.05, 4.69) is 18.7 Å². The molecule has 1 aliphatic rings. The number of hydrogen-bond acceptors (Lipinski definition) is 3. The van der Waals surface area contributed by atoms with E-state index in [9.17, 15) is 4.79 Å². The Bertz CT molecular complexity index is 275. The van der Waals surface area contributed by atoms with Gasteiger partial charge in [-0.05, 0) is 26.7 Å². The molecule has 14 heavy (non-hydrogen) atoms. The molecule has 0 aromatic rings. The van der Waals surface area contributed by atoms with Crippen molar-refractivity contribution in [2.75, 3.05) is 13.1 Å². The summed E-state index contributed by atoms with van der Waals surface area (Å²) in [5, 5.41) is 0. The zero-order chi connectivity index (χ0) is 10.6. The predicted molar refractivity (Wildman–Crippen MR) is 57.5 cm³/mol. The fourth-order valence-electron chi connectivity index (χ4n) is 1.75. The van der Waals surface area contributed by atoms with Crippen LogP contribution in [0.3, 0.4) is 0 Å². The van der Waals surface area contributed by atoms with E-state index in [4.69, 9.17) is 5.73 Å². The highest BCUT2D eigenvalue weighted by Crippen LogP contribution is 2.21. The summed E-state index contributed by atoms with van der Waals surface area (Å²) in [4.78, 5) is 13.7. The van der Waals surface area contributed by atoms with Crippen LogP contribution in [0.15, 0.2) is 23.5 Å². The van der Waals surface area contributed by atoms with Gasteiger partial charge in [0.15, 0.2) is 5.78 Å². The van der Waals surface area contributed by atoms with Gasteiger partial charge in [-0.1, -0.05) is 0 Å². The second-order valence-corrected chi connectivity index (χ2v) is 3.36. The molecule has 0 aliphatic heterocycles. The van der Waals surface area contributed by atoms with Crippen LogP contribution in [0.5, 0.6) is 0 Å². The van der Waals surface area contributed by atoms with Gasteiger partial charge in [0.25, 0.3) is 0 Å². The first-order valence-electron chi connectivity index (χ1n) is 5.13. The summed E-state index contributed by atoms with van der Waals surface area (Å²) >= 11 is 0. The smallest absolute Gasteiger partial charge is 0.184 e. The molecule has 3 nitrogen and oxygen atoms in total. The van der Waals surface area contributed by atoms with Crippen molar-refractivity contribution in [2.45, 2.75) is 26.7 Å². The zero-order valence-electron chi connectivity index (χ0n) is 8.92. The quantitative estimate of drug-likeness (QED) is 0.691. The maximum absolute atomic E-state index is 11.5. The van der Waals surface area contributed by atoms with Gasteiger partial charge in [0.1, 0.15) is 0 Å². The number of carbonyl (C=O) groups is 1. The third-order valence-corrected chi connectivity index (χ3v) is 2.64. The first kappa shape index (κ1) is 10.8. The van der Waals surface area contributed by atoms with Crippen molar-refractivity contribution in [1.29, 1.82) is 0 Å². The molecule has 0 unspecified atom stereocenters. The summed E-state index contributed by atoms with van der Waals surface area (Å²) in [5.74, 6) is 0.0700. The minimum atomic E-state index is 0.0700. The Kier molecular flexibility index (Phi) is 3.74. The third-order valence-electron chi connectivity index (χ3n) is 2.64. The predicted octanol–water partition coefficient (Wildman–Crippen LogP) is 1.42. The van der Waals surface area contributed by atoms with E-state index in [1.807, 2.05) is 0 Å². The lowest BCUT2D eigenvalue weighted by atomic mass is 9.97. The average molecular weight is 194 g/mol. The molecule has 0 fully saturated rings. The van der Waals surface area contributed by atoms with Crippen molar-refractivity contribution < 1.29 is 4.79 Å². The van der Waals surface area contributed by atoms with E-state index in [1.165, 1.54) is 6.20 Å². The highest BCUT2D eigenvalue weighted by atomic mass is 16.1. The SMILES string of the molecule is CCN(CC)C1=CC(=O)C(=CN)CC1. The van der Waals surface area contributed by atoms with E-state index < -0.39 is 0 Å². The largest absolute Gasteiger partial charge is 0.404 e. The zero-order valence-corrected chi connectivity index (χ0v) is 8.92. The molecule has 0 bridgehead atoms. The molecule has 0 aromatic heterocycles. The van der Waals surface area contributed by atoms with Crippen LogP contribution in [0.2, 0.25) is 0 Å². The Morgan fingerprint density at radius 1 is 1.43 bits per heavy atom. The number of rotatable bonds is 3. The highest BCUT2D eigenvalue weighted by molar-refractivity contribution is 6.05. The standard InChI is InChI=1S/C11H18N2O/c1-3-13(4-2)10-6-5-9(8-12)11(14)7-10/h7-8H,3-6,12H2,1-2H3. The molecule has 0 heterocycles. The Labute approximate surface area is 85.3 Å². The third kappa shape index (κ3) is 2.16. The fourth-order valence-corrected chi connectivity index (χ4v) is 1.75. The monoisotopic (exact) mass is 194 g/mol. The Morgan fingerprint density at radius 3 is 2.50 bits per heavy atom. The molecule has 0 saturated carbocycles. The molecular weight excluding hydrogens is 176 g/mol. The van der Waals surface area contributed by atoms with Crippen molar-refractivity contribution in [3.63, 3.8) is 0 Å². The van der Waals surface area contributed by atoms with Crippen molar-refractivity contribution in [1.82, 2.24) is 4.90 Å². The number of nitrogens with zero attached hydrogens (tertiary/aromatic N) is 1. The van der Waals surface area contributed by atoms with Crippen molar-refractivity contribution >= 4 is 5.78 Å². The van der Waals surface area contributed by atoms with E-state index in [0.29, 0.717) is 0 Å². The number of carbonyl (C=O) groups excluding carboxylic acids is 1. The molecular formula is C11H18N2O. The minimum Gasteiger partial charge on any atom is -0.404 e. The minimum absolute atomic E-state index is 0.0700. The first-order chi connectivity index (χ1) is 6.72. The molecule has 0 aromatic carbocycles. The van der Waals surface area contributed by atoms with E-state index >= 15 is 0 Å². The van der Waals surface area contributed by atoms with Gasteiger partial charge < -0.3 is 10.6 Å². The highest BCUT2D eigenvalue weighted by Gasteiger charge is 2.17. The van der Waals surface area contributed by atoms with E-state index in [-0.39, 0.29) is 5.78 Å². The summed E-state index contributed by atoms with van der Waals surface area (Å²) in [6.45, 7) is 6.11. The average Bonchev–Trinajstić information content (AvgIpc) is 2.20. The lowest BCUT2D eigenvalue weighted by Crippen LogP contribution is -2.25. The topological polar surface area (TPSA) is 46.3 Å². The molecule has 3 heteroatoms. The Balaban J connectivity index is 2.79. The fraction of sp³-hybridized carbons (Fsp3) is 0.545. The van der Waals surface area contributed by atoms with E-state index in [0.717, 1.165) is 37.2 Å². The molecule has 0 atom stereocenters. The summed E-state index contributed by atoms with van der Waals surface area (Å²) in [7, 11) is 0. The number of ketones is 1. The van der Waals surface area contributed by atoms with Crippen molar-refractivity contribution in [3.05, 3.63) is 23.5 Å². The van der Waals surface area contributed by atoms with Gasteiger partial charge >= 0.3 is 0 Å². The summed E-state index contributed by atoms with van der Waals surface area (Å²) in [6, 6.07) is 0. The number of allylic oxidation sites excluding steroid dienone is 3. The van der Waals surface area contributed by atoms with Crippen LogP contribution in [0.25, 0.3) is 0 Å². The van der Waals surface area contributed by atoms with Crippen LogP contribution < -0.4 is 5.73 Å². The van der Waals surface area contributed by atoms with Gasteiger partial charge in [0.2, 0.25) is 0 Å². The van der Waals surface area contributed by atoms with Crippen LogP contribution in [0.1, 0.15) is 26.7 Å². The van der Waals surface area contributed by atoms with Gasteiger partial charge in [0, 0.05) is 36.6 Å². The maximum Gasteiger partial charge on any atom is 0.184 e. The van der Waals surface area contributed by atoms with Crippen LogP contribution in [-0.4, -0.2) is 23.8 Å². The molecule has 1 aliphatic carbocycles. The molecule has 1 rings (SSSR count). The first-order valence-corrected chi connectivity index (χ1v) is 5.13. The molecule has 0 amide bonds. The normalized spacial score (nSPS) is 19.7. The van der Waals surface area contributed by atoms with E-state index in [1.54, 1.807) is 6.08 Å². The Morgan fingerprint density at radius 2 is 2.07 bits per heavy atom. The Hall–Kier alpha value is -1.25. The van der Waals surface area contributed by atoms with Gasteiger partial charge in [-0.15, -0.1) is 0 Å². The van der Waals surface area contributed by atoms with Crippen molar-refractivity contribution in [3.8, 4) is 0 Å². The number of hydrogen-bond donors (Lipinski definition) is 1. The van der Waals surface area contributed by atoms with Gasteiger partial charge in [0.05, 0.1) is 0 Å². The summed E-state index contributed by atoms with van der Waals surface area (Å²) in [6.07, 6.45) is 4.85. The second-order valence-electron chi connectivity index (χ2n) is 3.36. The van der Waals surface area contributed by atoms with Crippen LogP contribution in [0.4, 0.5) is 0 Å². The van der Waals surface area contributed by atoms with Gasteiger partial charge in [-0.2, -0.15) is 0 Å². The lowest BCUT2D eigenvalue weighted by Gasteiger charge is -2.27. The van der Waals surface area contributed by atoms with Gasteiger partial charge in [-0.3, -0.25) is 4.79 Å². The molecule has 2 N–H and O–H groups in total. The van der Waals surface area contributed by atoms with Gasteiger partial charge in [-0.25, -0.2) is 0 Å². The number of nitrogens with two attached hydrogens (primary N) is 1. The van der Waals surface area contributed by atoms with Crippen molar-refractivity contribution in [2.24, 2.45) is 5.73 Å². The second kappa shape index (κ2) is 4.84.